The number of aromatic nitrogens is 1. The van der Waals surface area contributed by atoms with Crippen LogP contribution in [-0.2, 0) is 4.79 Å². The van der Waals surface area contributed by atoms with Crippen molar-refractivity contribution >= 4 is 42.2 Å². The first-order chi connectivity index (χ1) is 10.6. The molecule has 0 unspecified atom stereocenters. The van der Waals surface area contributed by atoms with E-state index in [2.05, 4.69) is 15.2 Å². The van der Waals surface area contributed by atoms with E-state index in [9.17, 15) is 4.79 Å². The van der Waals surface area contributed by atoms with Gasteiger partial charge in [0, 0.05) is 19.6 Å². The Labute approximate surface area is 157 Å². The number of nitrogens with zero attached hydrogens (tertiary/aromatic N) is 2. The van der Waals surface area contributed by atoms with Crippen LogP contribution in [0.1, 0.15) is 46.0 Å². The van der Waals surface area contributed by atoms with Crippen molar-refractivity contribution in [2.75, 3.05) is 29.9 Å². The zero-order valence-electron chi connectivity index (χ0n) is 14.6. The third-order valence-corrected chi connectivity index (χ3v) is 4.94. The quantitative estimate of drug-likeness (QED) is 0.794. The summed E-state index contributed by atoms with van der Waals surface area (Å²) < 4.78 is 0. The van der Waals surface area contributed by atoms with Crippen LogP contribution in [0, 0.1) is 5.41 Å². The van der Waals surface area contributed by atoms with Gasteiger partial charge in [-0.1, -0.05) is 13.8 Å². The molecule has 1 saturated heterocycles. The van der Waals surface area contributed by atoms with E-state index in [1.54, 1.807) is 0 Å². The van der Waals surface area contributed by atoms with Gasteiger partial charge < -0.3 is 16.0 Å². The van der Waals surface area contributed by atoms with E-state index in [-0.39, 0.29) is 30.7 Å². The maximum atomic E-state index is 12.5. The van der Waals surface area contributed by atoms with Crippen LogP contribution in [0.25, 0.3) is 0 Å². The van der Waals surface area contributed by atoms with Crippen LogP contribution >= 0.6 is 24.8 Å². The molecule has 0 radical (unpaired) electrons. The standard InChI is InChI=1S/C17H28N4O.2ClH/c1-3-17(4-2,13-18)16(22)20-15-9-8-14(12-19-15)21-10-6-5-7-11-21;;/h8-9,12H,3-7,10-11,13,18H2,1-2H3,(H,19,20,22);2*1H. The van der Waals surface area contributed by atoms with Crippen molar-refractivity contribution in [2.24, 2.45) is 11.1 Å². The van der Waals surface area contributed by atoms with Gasteiger partial charge in [-0.15, -0.1) is 24.8 Å². The molecule has 0 bridgehead atoms. The molecule has 138 valence electrons. The number of halogens is 2. The Morgan fingerprint density at radius 3 is 2.29 bits per heavy atom. The van der Waals surface area contributed by atoms with E-state index in [1.165, 1.54) is 19.3 Å². The minimum Gasteiger partial charge on any atom is -0.370 e. The van der Waals surface area contributed by atoms with Crippen LogP contribution in [0.4, 0.5) is 11.5 Å². The highest BCUT2D eigenvalue weighted by Gasteiger charge is 2.33. The molecule has 3 N–H and O–H groups in total. The lowest BCUT2D eigenvalue weighted by Crippen LogP contribution is -2.41. The summed E-state index contributed by atoms with van der Waals surface area (Å²) in [6.07, 6.45) is 7.11. The van der Waals surface area contributed by atoms with Gasteiger partial charge in [-0.25, -0.2) is 4.98 Å². The number of rotatable bonds is 6. The van der Waals surface area contributed by atoms with Crippen LogP contribution in [0.5, 0.6) is 0 Å². The molecule has 0 aliphatic carbocycles. The molecule has 1 aromatic rings. The molecular formula is C17H30Cl2N4O. The van der Waals surface area contributed by atoms with Crippen molar-refractivity contribution in [3.63, 3.8) is 0 Å². The topological polar surface area (TPSA) is 71.2 Å². The van der Waals surface area contributed by atoms with Gasteiger partial charge in [-0.2, -0.15) is 0 Å². The maximum absolute atomic E-state index is 12.5. The minimum atomic E-state index is -0.493. The van der Waals surface area contributed by atoms with Crippen molar-refractivity contribution in [2.45, 2.75) is 46.0 Å². The Hall–Kier alpha value is -1.04. The van der Waals surface area contributed by atoms with Gasteiger partial charge in [0.1, 0.15) is 5.82 Å². The fourth-order valence-electron chi connectivity index (χ4n) is 3.00. The van der Waals surface area contributed by atoms with E-state index in [4.69, 9.17) is 5.73 Å². The van der Waals surface area contributed by atoms with Crippen LogP contribution in [-0.4, -0.2) is 30.5 Å². The van der Waals surface area contributed by atoms with Gasteiger partial charge in [-0.3, -0.25) is 4.79 Å². The average Bonchev–Trinajstić information content (AvgIpc) is 2.58. The van der Waals surface area contributed by atoms with E-state index in [0.29, 0.717) is 12.4 Å². The zero-order valence-corrected chi connectivity index (χ0v) is 16.2. The smallest absolute Gasteiger partial charge is 0.233 e. The van der Waals surface area contributed by atoms with Crippen molar-refractivity contribution in [1.82, 2.24) is 4.98 Å². The molecule has 7 heteroatoms. The number of nitrogens with one attached hydrogen (secondary N) is 1. The van der Waals surface area contributed by atoms with Gasteiger partial charge in [0.25, 0.3) is 0 Å². The lowest BCUT2D eigenvalue weighted by Gasteiger charge is -2.29. The number of hydrogen-bond acceptors (Lipinski definition) is 4. The summed E-state index contributed by atoms with van der Waals surface area (Å²) in [7, 11) is 0. The molecule has 24 heavy (non-hydrogen) atoms. The van der Waals surface area contributed by atoms with E-state index < -0.39 is 5.41 Å². The fourth-order valence-corrected chi connectivity index (χ4v) is 3.00. The molecule has 2 rings (SSSR count). The molecule has 0 spiro atoms. The molecule has 5 nitrogen and oxygen atoms in total. The molecule has 1 fully saturated rings. The van der Waals surface area contributed by atoms with E-state index in [1.807, 2.05) is 32.2 Å². The monoisotopic (exact) mass is 376 g/mol. The Bertz CT molecular complexity index is 478. The van der Waals surface area contributed by atoms with Crippen LogP contribution in [0.15, 0.2) is 18.3 Å². The highest BCUT2D eigenvalue weighted by Crippen LogP contribution is 2.27. The van der Waals surface area contributed by atoms with Crippen LogP contribution in [0.3, 0.4) is 0 Å². The highest BCUT2D eigenvalue weighted by molar-refractivity contribution is 5.94. The number of nitrogens with two attached hydrogens (primary N) is 1. The number of amides is 1. The summed E-state index contributed by atoms with van der Waals surface area (Å²) in [5, 5.41) is 2.92. The number of hydrogen-bond donors (Lipinski definition) is 2. The first-order valence-corrected chi connectivity index (χ1v) is 8.37. The number of piperidine rings is 1. The largest absolute Gasteiger partial charge is 0.370 e. The minimum absolute atomic E-state index is 0. The summed E-state index contributed by atoms with van der Waals surface area (Å²) in [5.41, 5.74) is 6.46. The fraction of sp³-hybridized carbons (Fsp3) is 0.647. The number of pyridine rings is 1. The maximum Gasteiger partial charge on any atom is 0.233 e. The number of carbonyl (C=O) groups is 1. The van der Waals surface area contributed by atoms with Crippen LogP contribution < -0.4 is 16.0 Å². The molecule has 1 aliphatic rings. The third kappa shape index (κ3) is 5.23. The second kappa shape index (κ2) is 10.7. The second-order valence-corrected chi connectivity index (χ2v) is 6.10. The van der Waals surface area contributed by atoms with Crippen molar-refractivity contribution < 1.29 is 4.79 Å². The highest BCUT2D eigenvalue weighted by atomic mass is 35.5. The molecule has 0 aromatic carbocycles. The molecular weight excluding hydrogens is 347 g/mol. The molecule has 1 amide bonds. The lowest BCUT2D eigenvalue weighted by atomic mass is 9.81. The van der Waals surface area contributed by atoms with E-state index >= 15 is 0 Å². The first-order valence-electron chi connectivity index (χ1n) is 8.37. The lowest BCUT2D eigenvalue weighted by molar-refractivity contribution is -0.125. The van der Waals surface area contributed by atoms with Crippen molar-refractivity contribution in [3.8, 4) is 0 Å². The van der Waals surface area contributed by atoms with Gasteiger partial charge in [-0.05, 0) is 44.2 Å². The Balaban J connectivity index is 0.00000264. The van der Waals surface area contributed by atoms with Gasteiger partial charge in [0.2, 0.25) is 5.91 Å². The Morgan fingerprint density at radius 2 is 1.83 bits per heavy atom. The average molecular weight is 377 g/mol. The normalized spacial score (nSPS) is 14.4. The summed E-state index contributed by atoms with van der Waals surface area (Å²) in [6.45, 7) is 6.55. The third-order valence-electron chi connectivity index (χ3n) is 4.94. The SMILES string of the molecule is CCC(CC)(CN)C(=O)Nc1ccc(N2CCCCC2)cn1.Cl.Cl. The summed E-state index contributed by atoms with van der Waals surface area (Å²) in [6, 6.07) is 3.92. The molecule has 1 aliphatic heterocycles. The van der Waals surface area contributed by atoms with Gasteiger partial charge >= 0.3 is 0 Å². The molecule has 1 aromatic heterocycles. The van der Waals surface area contributed by atoms with Crippen molar-refractivity contribution in [3.05, 3.63) is 18.3 Å². The Morgan fingerprint density at radius 1 is 1.21 bits per heavy atom. The zero-order chi connectivity index (χ0) is 16.0. The van der Waals surface area contributed by atoms with Crippen LogP contribution in [0.2, 0.25) is 0 Å². The predicted octanol–water partition coefficient (Wildman–Crippen LogP) is 3.62. The van der Waals surface area contributed by atoms with Gasteiger partial charge in [0.15, 0.2) is 0 Å². The summed E-state index contributed by atoms with van der Waals surface area (Å²) >= 11 is 0. The predicted molar refractivity (Wildman–Crippen MR) is 105 cm³/mol. The van der Waals surface area contributed by atoms with Crippen molar-refractivity contribution in [1.29, 1.82) is 0 Å². The van der Waals surface area contributed by atoms with E-state index in [0.717, 1.165) is 31.6 Å². The molecule has 0 atom stereocenters. The van der Waals surface area contributed by atoms with Gasteiger partial charge in [0.05, 0.1) is 17.3 Å². The summed E-state index contributed by atoms with van der Waals surface area (Å²) in [4.78, 5) is 19.2. The second-order valence-electron chi connectivity index (χ2n) is 6.10. The first kappa shape index (κ1) is 23.0. The number of anilines is 2. The summed E-state index contributed by atoms with van der Waals surface area (Å²) in [5.74, 6) is 0.573. The molecule has 0 saturated carbocycles. The Kier molecular flexibility index (Phi) is 10.3. The number of carbonyl (C=O) groups excluding carboxylic acids is 1. The molecule has 2 heterocycles.